The van der Waals surface area contributed by atoms with Crippen LogP contribution in [0.15, 0.2) is 102 Å². The van der Waals surface area contributed by atoms with E-state index in [1.807, 2.05) is 66.7 Å². The first kappa shape index (κ1) is 37.9. The van der Waals surface area contributed by atoms with Gasteiger partial charge in [-0.15, -0.1) is 0 Å². The van der Waals surface area contributed by atoms with Crippen LogP contribution in [-0.4, -0.2) is 61.5 Å². The van der Waals surface area contributed by atoms with Crippen LogP contribution in [0.2, 0.25) is 0 Å². The molecule has 0 radical (unpaired) electrons. The molecule has 0 bridgehead atoms. The molecule has 4 aromatic rings. The number of rotatable bonds is 16. The van der Waals surface area contributed by atoms with Crippen molar-refractivity contribution in [2.24, 2.45) is 4.99 Å². The highest BCUT2D eigenvalue weighted by Crippen LogP contribution is 2.44. The number of methoxy groups -OCH3 is 2. The second-order valence-corrected chi connectivity index (χ2v) is 13.4. The number of nitrogens with zero attached hydrogens (tertiary/aromatic N) is 1. The number of esters is 1. The Morgan fingerprint density at radius 2 is 1.54 bits per heavy atom. The van der Waals surface area contributed by atoms with Crippen molar-refractivity contribution in [3.63, 3.8) is 0 Å². The number of aliphatic hydroxyl groups is 1. The molecule has 1 aliphatic rings. The summed E-state index contributed by atoms with van der Waals surface area (Å²) >= 11 is 0. The second kappa shape index (κ2) is 17.2. The Hall–Kier alpha value is -5.39. The number of amides is 1. The summed E-state index contributed by atoms with van der Waals surface area (Å²) in [5, 5.41) is 9.12. The number of hydrogen-bond donors (Lipinski definition) is 3. The van der Waals surface area contributed by atoms with Crippen molar-refractivity contribution in [1.82, 2.24) is 10.9 Å². The highest BCUT2D eigenvalue weighted by molar-refractivity contribution is 6.01. The number of hydrazine groups is 1. The van der Waals surface area contributed by atoms with E-state index >= 15 is 0 Å². The molecule has 4 aromatic carbocycles. The highest BCUT2D eigenvalue weighted by atomic mass is 16.6. The molecule has 2 atom stereocenters. The number of benzene rings is 4. The molecule has 274 valence electrons. The average molecular weight is 710 g/mol. The Balaban J connectivity index is 1.49. The first-order chi connectivity index (χ1) is 25.0. The first-order valence-corrected chi connectivity index (χ1v) is 17.3. The Morgan fingerprint density at radius 3 is 2.19 bits per heavy atom. The van der Waals surface area contributed by atoms with Crippen LogP contribution in [-0.2, 0) is 25.6 Å². The summed E-state index contributed by atoms with van der Waals surface area (Å²) < 4.78 is 28.8. The van der Waals surface area contributed by atoms with Gasteiger partial charge in [0, 0.05) is 31.6 Å². The topological polar surface area (TPSA) is 137 Å². The quantitative estimate of drug-likeness (QED) is 0.0693. The van der Waals surface area contributed by atoms with Crippen LogP contribution in [0.4, 0.5) is 0 Å². The van der Waals surface area contributed by atoms with Crippen molar-refractivity contribution in [2.45, 2.75) is 63.8 Å². The lowest BCUT2D eigenvalue weighted by Gasteiger charge is -2.31. The van der Waals surface area contributed by atoms with Crippen LogP contribution in [0.3, 0.4) is 0 Å². The molecule has 3 N–H and O–H groups in total. The summed E-state index contributed by atoms with van der Waals surface area (Å²) in [4.78, 5) is 32.7. The van der Waals surface area contributed by atoms with E-state index in [9.17, 15) is 9.59 Å². The monoisotopic (exact) mass is 709 g/mol. The molecule has 52 heavy (non-hydrogen) atoms. The largest absolute Gasteiger partial charge is 0.494 e. The van der Waals surface area contributed by atoms with Crippen LogP contribution in [0, 0.1) is 0 Å². The van der Waals surface area contributed by atoms with Crippen molar-refractivity contribution in [3.8, 4) is 28.4 Å². The van der Waals surface area contributed by atoms with Crippen LogP contribution >= 0.6 is 0 Å². The molecule has 11 heteroatoms. The molecular formula is C41H47N3O8. The molecule has 1 amide bonds. The van der Waals surface area contributed by atoms with E-state index in [1.165, 1.54) is 0 Å². The zero-order chi connectivity index (χ0) is 37.1. The van der Waals surface area contributed by atoms with Crippen LogP contribution < -0.4 is 25.1 Å². The van der Waals surface area contributed by atoms with Gasteiger partial charge in [0.1, 0.15) is 11.4 Å². The minimum atomic E-state index is -1.57. The summed E-state index contributed by atoms with van der Waals surface area (Å²) in [6, 6.07) is 30.5. The minimum absolute atomic E-state index is 0.00272. The highest BCUT2D eigenvalue weighted by Gasteiger charge is 2.53. The molecule has 0 unspecified atom stereocenters. The van der Waals surface area contributed by atoms with Crippen molar-refractivity contribution in [1.29, 1.82) is 0 Å². The van der Waals surface area contributed by atoms with Gasteiger partial charge < -0.3 is 28.8 Å². The second-order valence-electron chi connectivity index (χ2n) is 13.4. The van der Waals surface area contributed by atoms with Crippen molar-refractivity contribution < 1.29 is 38.4 Å². The van der Waals surface area contributed by atoms with Gasteiger partial charge in [-0.3, -0.25) is 15.0 Å². The van der Waals surface area contributed by atoms with E-state index in [2.05, 4.69) is 10.9 Å². The number of carbonyl (C=O) groups is 2. The Labute approximate surface area is 304 Å². The molecule has 0 fully saturated rings. The smallest absolute Gasteiger partial charge is 0.306 e. The molecule has 0 spiro atoms. The Bertz CT molecular complexity index is 1820. The third-order valence-corrected chi connectivity index (χ3v) is 8.42. The van der Waals surface area contributed by atoms with Gasteiger partial charge in [0.05, 0.1) is 20.8 Å². The van der Waals surface area contributed by atoms with E-state index in [0.29, 0.717) is 41.4 Å². The lowest BCUT2D eigenvalue weighted by atomic mass is 9.83. The van der Waals surface area contributed by atoms with Gasteiger partial charge in [-0.1, -0.05) is 60.7 Å². The molecule has 0 aliphatic carbocycles. The van der Waals surface area contributed by atoms with E-state index in [4.69, 9.17) is 33.8 Å². The molecule has 0 saturated heterocycles. The third-order valence-electron chi connectivity index (χ3n) is 8.42. The maximum atomic E-state index is 14.5. The lowest BCUT2D eigenvalue weighted by molar-refractivity contribution is -0.155. The number of hydrogen-bond acceptors (Lipinski definition) is 10. The maximum Gasteiger partial charge on any atom is 0.306 e. The molecular weight excluding hydrogens is 662 g/mol. The molecule has 0 aromatic heterocycles. The van der Waals surface area contributed by atoms with E-state index in [0.717, 1.165) is 16.7 Å². The van der Waals surface area contributed by atoms with E-state index in [-0.39, 0.29) is 31.9 Å². The lowest BCUT2D eigenvalue weighted by Crippen LogP contribution is -2.52. The first-order valence-electron chi connectivity index (χ1n) is 17.3. The molecule has 0 saturated carbocycles. The molecule has 5 rings (SSSR count). The number of aliphatic imine (C=N–C) groups is 1. The summed E-state index contributed by atoms with van der Waals surface area (Å²) in [6.07, 6.45) is -0.463. The van der Waals surface area contributed by atoms with Crippen LogP contribution in [0.25, 0.3) is 11.1 Å². The zero-order valence-electron chi connectivity index (χ0n) is 30.3. The summed E-state index contributed by atoms with van der Waals surface area (Å²) in [5.74, 6) is 1.09. The number of aliphatic hydroxyl groups excluding tert-OH is 1. The Morgan fingerprint density at radius 1 is 0.865 bits per heavy atom. The number of nitrogens with one attached hydrogen (secondary N) is 2. The third kappa shape index (κ3) is 9.48. The van der Waals surface area contributed by atoms with Crippen LogP contribution in [0.1, 0.15) is 62.8 Å². The predicted molar refractivity (Wildman–Crippen MR) is 198 cm³/mol. The van der Waals surface area contributed by atoms with Gasteiger partial charge in [-0.25, -0.2) is 10.4 Å². The summed E-state index contributed by atoms with van der Waals surface area (Å²) in [6.45, 7) is 6.07. The van der Waals surface area contributed by atoms with Crippen molar-refractivity contribution in [3.05, 3.63) is 114 Å². The standard InChI is InChI=1S/C41H47N3O8/c1-40(2,3)52-36(46)22-23-41(39(47)44-42-27-28-12-21-34(48-4)35(26-28)49-5)37(31-15-13-30(14-16-31)29-10-7-6-8-11-29)51-38(43-41)32-17-19-33(20-18-32)50-25-9-24-45/h6-8,10-21,26,37,42,45H,9,22-25,27H2,1-5H3,(H,44,47)/t37-,41-/m0/s1. The average Bonchev–Trinajstić information content (AvgIpc) is 3.55. The van der Waals surface area contributed by atoms with Gasteiger partial charge in [-0.05, 0) is 85.8 Å². The van der Waals surface area contributed by atoms with Gasteiger partial charge in [0.25, 0.3) is 5.91 Å². The molecule has 1 aliphatic heterocycles. The van der Waals surface area contributed by atoms with Gasteiger partial charge in [0.15, 0.2) is 23.1 Å². The number of carbonyl (C=O) groups excluding carboxylic acids is 2. The fraction of sp³-hybridized carbons (Fsp3) is 0.341. The van der Waals surface area contributed by atoms with Crippen LogP contribution in [0.5, 0.6) is 17.2 Å². The Kier molecular flexibility index (Phi) is 12.5. The summed E-state index contributed by atoms with van der Waals surface area (Å²) in [7, 11) is 3.13. The van der Waals surface area contributed by atoms with Gasteiger partial charge >= 0.3 is 5.97 Å². The molecule has 11 nitrogen and oxygen atoms in total. The molecule has 1 heterocycles. The zero-order valence-corrected chi connectivity index (χ0v) is 30.3. The van der Waals surface area contributed by atoms with Gasteiger partial charge in [-0.2, -0.15) is 0 Å². The number of ether oxygens (including phenoxy) is 5. The van der Waals surface area contributed by atoms with E-state index in [1.54, 1.807) is 65.3 Å². The predicted octanol–water partition coefficient (Wildman–Crippen LogP) is 6.33. The van der Waals surface area contributed by atoms with Crippen molar-refractivity contribution in [2.75, 3.05) is 27.4 Å². The SMILES string of the molecule is COc1ccc(CNNC(=O)[C@@]2(CCC(=O)OC(C)(C)C)N=C(c3ccc(OCCCO)cc3)O[C@H]2c2ccc(-c3ccccc3)cc2)cc1OC. The van der Waals surface area contributed by atoms with Gasteiger partial charge in [0.2, 0.25) is 5.90 Å². The minimum Gasteiger partial charge on any atom is -0.494 e. The van der Waals surface area contributed by atoms with Crippen molar-refractivity contribution >= 4 is 17.8 Å². The summed E-state index contributed by atoms with van der Waals surface area (Å²) in [5.41, 5.74) is 7.84. The maximum absolute atomic E-state index is 14.5. The fourth-order valence-corrected chi connectivity index (χ4v) is 5.86. The van der Waals surface area contributed by atoms with E-state index < -0.39 is 29.1 Å². The fourth-order valence-electron chi connectivity index (χ4n) is 5.86. The normalized spacial score (nSPS) is 16.7.